The number of benzene rings is 2. The van der Waals surface area contributed by atoms with Crippen LogP contribution in [0, 0.1) is 0 Å². The average molecular weight is 549 g/mol. The van der Waals surface area contributed by atoms with Crippen molar-refractivity contribution in [2.45, 2.75) is 19.3 Å². The number of rotatable bonds is 6. The molecule has 4 aliphatic rings. The molecule has 0 N–H and O–H groups in total. The summed E-state index contributed by atoms with van der Waals surface area (Å²) < 4.78 is 28.9. The lowest BCUT2D eigenvalue weighted by Crippen LogP contribution is -2.45. The predicted octanol–water partition coefficient (Wildman–Crippen LogP) is 5.83. The molecule has 0 radical (unpaired) electrons. The maximum atomic E-state index is 5.90. The van der Waals surface area contributed by atoms with E-state index in [0.29, 0.717) is 0 Å². The SMILES string of the molecule is C(=C1CCCC(P(=Nc2ccccc2)(N2CCOCC2)N2CCOCC2)=C1N1CCOCC1)c1ccccc1. The zero-order valence-corrected chi connectivity index (χ0v) is 23.8. The van der Waals surface area contributed by atoms with Crippen LogP contribution in [-0.2, 0) is 14.2 Å². The summed E-state index contributed by atoms with van der Waals surface area (Å²) in [6.45, 7) is 10.00. The first-order valence-electron chi connectivity index (χ1n) is 14.5. The number of allylic oxidation sites excluding steroid dienone is 2. The van der Waals surface area contributed by atoms with Crippen molar-refractivity contribution in [1.29, 1.82) is 0 Å². The van der Waals surface area contributed by atoms with Crippen LogP contribution in [0.1, 0.15) is 24.8 Å². The lowest BCUT2D eigenvalue weighted by Gasteiger charge is -2.50. The Hall–Kier alpha value is -2.25. The van der Waals surface area contributed by atoms with E-state index in [2.05, 4.69) is 81.0 Å². The standard InChI is InChI=1S/C31H41N4O3P/c1-3-8-27(9-4-1)26-28-10-7-13-30(31(28)33-14-20-36-21-15-33)39(34-16-22-37-23-17-34,35-18-24-38-25-19-35)32-29-11-5-2-6-12-29/h1-6,8-9,11-12,26H,7,10,13-25H2. The van der Waals surface area contributed by atoms with E-state index in [-0.39, 0.29) is 0 Å². The minimum atomic E-state index is -2.32. The van der Waals surface area contributed by atoms with Gasteiger partial charge in [0.05, 0.1) is 45.3 Å². The van der Waals surface area contributed by atoms with Gasteiger partial charge in [0.25, 0.3) is 0 Å². The molecular weight excluding hydrogens is 507 g/mol. The van der Waals surface area contributed by atoms with Crippen molar-refractivity contribution in [2.24, 2.45) is 4.74 Å². The Labute approximate surface area is 233 Å². The van der Waals surface area contributed by atoms with Crippen LogP contribution in [0.15, 0.2) is 82.0 Å². The highest BCUT2D eigenvalue weighted by Crippen LogP contribution is 2.68. The van der Waals surface area contributed by atoms with E-state index in [4.69, 9.17) is 19.0 Å². The van der Waals surface area contributed by atoms with Gasteiger partial charge in [-0.05, 0) is 48.6 Å². The smallest absolute Gasteiger partial charge is 0.131 e. The molecule has 3 fully saturated rings. The Bertz CT molecular complexity index is 1180. The predicted molar refractivity (Wildman–Crippen MR) is 158 cm³/mol. The van der Waals surface area contributed by atoms with Gasteiger partial charge in [-0.1, -0.05) is 48.5 Å². The molecule has 3 heterocycles. The van der Waals surface area contributed by atoms with Gasteiger partial charge >= 0.3 is 0 Å². The maximum Gasteiger partial charge on any atom is 0.131 e. The summed E-state index contributed by atoms with van der Waals surface area (Å²) in [4.78, 5) is 2.61. The number of hydrogen-bond acceptors (Lipinski definition) is 5. The van der Waals surface area contributed by atoms with Gasteiger partial charge in [-0.2, -0.15) is 0 Å². The van der Waals surface area contributed by atoms with Crippen LogP contribution in [0.2, 0.25) is 0 Å². The molecule has 2 aromatic carbocycles. The summed E-state index contributed by atoms with van der Waals surface area (Å²) in [7, 11) is -2.32. The van der Waals surface area contributed by atoms with Crippen molar-refractivity contribution in [3.05, 3.63) is 82.8 Å². The van der Waals surface area contributed by atoms with Gasteiger partial charge in [0.15, 0.2) is 0 Å². The Morgan fingerprint density at radius 3 is 1.77 bits per heavy atom. The van der Waals surface area contributed by atoms with Crippen LogP contribution in [0.5, 0.6) is 0 Å². The van der Waals surface area contributed by atoms with Gasteiger partial charge in [0.1, 0.15) is 7.36 Å². The largest absolute Gasteiger partial charge is 0.379 e. The quantitative estimate of drug-likeness (QED) is 0.424. The van der Waals surface area contributed by atoms with Crippen molar-refractivity contribution < 1.29 is 14.2 Å². The Balaban J connectivity index is 1.62. The first-order valence-corrected chi connectivity index (χ1v) is 16.2. The van der Waals surface area contributed by atoms with E-state index in [0.717, 1.165) is 104 Å². The first-order chi connectivity index (χ1) is 19.3. The van der Waals surface area contributed by atoms with Gasteiger partial charge in [-0.3, -0.25) is 0 Å². The molecule has 208 valence electrons. The van der Waals surface area contributed by atoms with Crippen molar-refractivity contribution in [1.82, 2.24) is 14.2 Å². The average Bonchev–Trinajstić information content (AvgIpc) is 3.02. The molecule has 7 nitrogen and oxygen atoms in total. The van der Waals surface area contributed by atoms with Crippen LogP contribution in [-0.4, -0.2) is 93.2 Å². The number of hydrogen-bond donors (Lipinski definition) is 0. The van der Waals surface area contributed by atoms with Gasteiger partial charge < -0.3 is 19.1 Å². The summed E-state index contributed by atoms with van der Waals surface area (Å²) >= 11 is 0. The molecule has 2 aromatic rings. The fourth-order valence-electron chi connectivity index (χ4n) is 6.25. The summed E-state index contributed by atoms with van der Waals surface area (Å²) in [5.74, 6) is 0. The van der Waals surface area contributed by atoms with Crippen molar-refractivity contribution in [3.63, 3.8) is 0 Å². The molecular formula is C31H41N4O3P. The molecule has 39 heavy (non-hydrogen) atoms. The third-order valence-electron chi connectivity index (χ3n) is 8.04. The van der Waals surface area contributed by atoms with Crippen molar-refractivity contribution >= 4 is 19.1 Å². The Morgan fingerprint density at radius 1 is 0.641 bits per heavy atom. The van der Waals surface area contributed by atoms with E-state index in [9.17, 15) is 0 Å². The molecule has 0 bridgehead atoms. The van der Waals surface area contributed by atoms with E-state index in [1.807, 2.05) is 0 Å². The molecule has 0 saturated carbocycles. The van der Waals surface area contributed by atoms with Gasteiger partial charge in [-0.25, -0.2) is 14.1 Å². The van der Waals surface area contributed by atoms with Crippen LogP contribution in [0.4, 0.5) is 5.69 Å². The number of morpholine rings is 3. The minimum Gasteiger partial charge on any atom is -0.379 e. The van der Waals surface area contributed by atoms with Crippen LogP contribution < -0.4 is 0 Å². The maximum absolute atomic E-state index is 5.90. The number of ether oxygens (including phenoxy) is 3. The van der Waals surface area contributed by atoms with E-state index in [1.165, 1.54) is 22.1 Å². The van der Waals surface area contributed by atoms with Crippen LogP contribution in [0.3, 0.4) is 0 Å². The zero-order valence-electron chi connectivity index (χ0n) is 22.9. The topological polar surface area (TPSA) is 49.8 Å². The third-order valence-corrected chi connectivity index (χ3v) is 12.1. The molecule has 1 aliphatic carbocycles. The normalized spacial score (nSPS) is 23.3. The third kappa shape index (κ3) is 5.95. The molecule has 0 aromatic heterocycles. The lowest BCUT2D eigenvalue weighted by molar-refractivity contribution is 0.0526. The zero-order chi connectivity index (χ0) is 26.3. The van der Waals surface area contributed by atoms with Gasteiger partial charge in [0.2, 0.25) is 0 Å². The fraction of sp³-hybridized carbons (Fsp3) is 0.484. The first kappa shape index (κ1) is 26.9. The summed E-state index contributed by atoms with van der Waals surface area (Å²) in [5, 5.41) is 1.53. The van der Waals surface area contributed by atoms with E-state index >= 15 is 0 Å². The van der Waals surface area contributed by atoms with Crippen LogP contribution in [0.25, 0.3) is 6.08 Å². The van der Waals surface area contributed by atoms with Gasteiger partial charge in [-0.15, -0.1) is 0 Å². The number of nitrogens with zero attached hydrogens (tertiary/aromatic N) is 4. The lowest BCUT2D eigenvalue weighted by atomic mass is 9.94. The Morgan fingerprint density at radius 2 is 1.18 bits per heavy atom. The highest BCUT2D eigenvalue weighted by molar-refractivity contribution is 7.66. The van der Waals surface area contributed by atoms with Crippen molar-refractivity contribution in [3.8, 4) is 0 Å². The second-order valence-electron chi connectivity index (χ2n) is 10.5. The molecule has 3 aliphatic heterocycles. The molecule has 6 rings (SSSR count). The monoisotopic (exact) mass is 548 g/mol. The Kier molecular flexibility index (Phi) is 8.94. The molecule has 0 amide bonds. The fourth-order valence-corrected chi connectivity index (χ4v) is 10.6. The van der Waals surface area contributed by atoms with Crippen LogP contribution >= 0.6 is 7.36 Å². The molecule has 0 spiro atoms. The summed E-state index contributed by atoms with van der Waals surface area (Å²) in [5.41, 5.74) is 5.20. The summed E-state index contributed by atoms with van der Waals surface area (Å²) in [6, 6.07) is 21.5. The second kappa shape index (κ2) is 12.9. The highest BCUT2D eigenvalue weighted by Gasteiger charge is 2.43. The second-order valence-corrected chi connectivity index (χ2v) is 13.5. The molecule has 3 saturated heterocycles. The molecule has 0 unspecified atom stereocenters. The highest BCUT2D eigenvalue weighted by atomic mass is 31.2. The van der Waals surface area contributed by atoms with E-state index < -0.39 is 7.36 Å². The molecule has 8 heteroatoms. The summed E-state index contributed by atoms with van der Waals surface area (Å²) in [6.07, 6.45) is 5.72. The van der Waals surface area contributed by atoms with Crippen molar-refractivity contribution in [2.75, 3.05) is 78.9 Å². The molecule has 0 atom stereocenters. The van der Waals surface area contributed by atoms with E-state index in [1.54, 1.807) is 0 Å². The minimum absolute atomic E-state index is 0.753. The van der Waals surface area contributed by atoms with Gasteiger partial charge in [0, 0.05) is 50.3 Å².